The third-order valence-electron chi connectivity index (χ3n) is 3.86. The van der Waals surface area contributed by atoms with Crippen LogP contribution < -0.4 is 29.4 Å². The molecule has 0 aromatic rings. The molecular weight excluding hydrogens is 742 g/mol. The van der Waals surface area contributed by atoms with E-state index in [-0.39, 0.29) is 100 Å². The van der Waals surface area contributed by atoms with Crippen LogP contribution in [0, 0.1) is 81.7 Å². The largest absolute Gasteiger partial charge is 3.00 e. The topological polar surface area (TPSA) is 190 Å². The van der Waals surface area contributed by atoms with Crippen molar-refractivity contribution in [2.75, 3.05) is 18.5 Å². The summed E-state index contributed by atoms with van der Waals surface area (Å²) in [6, 6.07) is 0. The van der Waals surface area contributed by atoms with Gasteiger partial charge in [-0.25, -0.2) is 0 Å². The molecule has 0 spiro atoms. The predicted octanol–water partition coefficient (Wildman–Crippen LogP) is 1.44. The zero-order valence-electron chi connectivity index (χ0n) is 19.6. The van der Waals surface area contributed by atoms with Crippen LogP contribution in [0.1, 0.15) is 97.8 Å². The molecule has 0 aromatic heterocycles. The second-order valence-electron chi connectivity index (χ2n) is 7.19. The molecule has 9 nitrogen and oxygen atoms in total. The van der Waals surface area contributed by atoms with Crippen molar-refractivity contribution in [3.63, 3.8) is 0 Å². The molecule has 0 heterocycles. The summed E-state index contributed by atoms with van der Waals surface area (Å²) in [7, 11) is -12.6. The predicted molar refractivity (Wildman–Crippen MR) is 110 cm³/mol. The van der Waals surface area contributed by atoms with E-state index in [2.05, 4.69) is 0 Å². The number of rotatable bonds is 15. The first kappa shape index (κ1) is 45.1. The first-order chi connectivity index (χ1) is 13.7. The van der Waals surface area contributed by atoms with Gasteiger partial charge in [-0.2, -0.15) is 0 Å². The molecule has 0 aliphatic heterocycles. The van der Waals surface area contributed by atoms with E-state index in [0.29, 0.717) is 19.3 Å². The summed E-state index contributed by atoms with van der Waals surface area (Å²) in [5.74, 6) is 0. The molecule has 0 saturated carbocycles. The van der Waals surface area contributed by atoms with Gasteiger partial charge < -0.3 is 43.1 Å². The third-order valence-corrected chi connectivity index (χ3v) is 6.45. The molecule has 188 valence electrons. The number of unbranched alkanes of at least 4 members (excludes halogenated alkanes) is 9. The Morgan fingerprint density at radius 1 is 0.406 bits per heavy atom. The molecule has 0 saturated heterocycles. The van der Waals surface area contributed by atoms with Crippen LogP contribution in [-0.4, -0.2) is 18.5 Å². The summed E-state index contributed by atoms with van der Waals surface area (Å²) in [5, 5.41) is 0. The van der Waals surface area contributed by atoms with E-state index in [0.717, 1.165) is 57.8 Å². The summed E-state index contributed by atoms with van der Waals surface area (Å²) in [6.45, 7) is 6.11. The van der Waals surface area contributed by atoms with Crippen molar-refractivity contribution >= 4 is 22.8 Å². The number of hydrogen-bond acceptors (Lipinski definition) is 9. The van der Waals surface area contributed by atoms with E-state index >= 15 is 0 Å². The molecule has 0 fully saturated rings. The molecule has 0 amide bonds. The summed E-state index contributed by atoms with van der Waals surface area (Å²) in [4.78, 5) is 60.4. The molecule has 0 atom stereocenters. The van der Waals surface area contributed by atoms with Crippen LogP contribution in [0.2, 0.25) is 0 Å². The van der Waals surface area contributed by atoms with E-state index in [9.17, 15) is 43.1 Å². The molecule has 32 heavy (non-hydrogen) atoms. The van der Waals surface area contributed by atoms with Crippen LogP contribution in [0.5, 0.6) is 0 Å². The van der Waals surface area contributed by atoms with Crippen molar-refractivity contribution in [3.8, 4) is 0 Å². The number of hydrogen-bond donors (Lipinski definition) is 0. The average Bonchev–Trinajstić information content (AvgIpc) is 2.58. The zero-order chi connectivity index (χ0) is 24.1. The Morgan fingerprint density at radius 3 is 0.719 bits per heavy atom. The maximum Gasteiger partial charge on any atom is 3.00 e. The van der Waals surface area contributed by atoms with Gasteiger partial charge in [-0.3, -0.25) is 0 Å². The second kappa shape index (κ2) is 28.7. The maximum atomic E-state index is 10.1. The van der Waals surface area contributed by atoms with Crippen molar-refractivity contribution in [1.82, 2.24) is 0 Å². The Bertz CT molecular complexity index is 437. The van der Waals surface area contributed by atoms with E-state index < -0.39 is 22.8 Å². The third kappa shape index (κ3) is 58.8. The van der Waals surface area contributed by atoms with Crippen molar-refractivity contribution in [2.45, 2.75) is 97.8 Å². The van der Waals surface area contributed by atoms with Gasteiger partial charge in [0, 0.05) is 0 Å². The Labute approximate surface area is 260 Å². The molecule has 0 aromatic carbocycles. The molecule has 0 aliphatic rings. The van der Waals surface area contributed by atoms with Crippen LogP contribution in [0.25, 0.3) is 0 Å². The first-order valence-electron chi connectivity index (χ1n) is 10.7. The van der Waals surface area contributed by atoms with Gasteiger partial charge in [-0.05, 0) is 37.7 Å². The average molecular weight is 781 g/mol. The van der Waals surface area contributed by atoms with E-state index in [1.807, 2.05) is 20.8 Å². The van der Waals surface area contributed by atoms with Gasteiger partial charge in [0.25, 0.3) is 0 Å². The Hall–Kier alpha value is 3.15. The van der Waals surface area contributed by atoms with Crippen LogP contribution in [-0.2, 0) is 13.7 Å². The fraction of sp³-hybridized carbons (Fsp3) is 1.00. The smallest absolute Gasteiger partial charge is 0.811 e. The SMILES string of the molecule is CCCCCCP(=O)([O-])[O-].CCCCCCP(=O)([O-])[O-].CCCCCCP(=O)([O-])[O-].[Nd+3].[Nd+3]. The molecule has 0 rings (SSSR count). The standard InChI is InChI=1S/3C6H15O3P.2Nd/c3*1-2-3-4-5-6-10(7,8)9;;/h3*2-6H2,1H3,(H2,7,8,9);;/q;;;2*+3/p-6. The second-order valence-corrected chi connectivity index (χ2v) is 12.2. The van der Waals surface area contributed by atoms with Crippen LogP contribution in [0.15, 0.2) is 0 Å². The summed E-state index contributed by atoms with van der Waals surface area (Å²) < 4.78 is 30.2. The van der Waals surface area contributed by atoms with Crippen molar-refractivity contribution in [3.05, 3.63) is 0 Å². The summed E-state index contributed by atoms with van der Waals surface area (Å²) in [6.07, 6.45) is 9.83. The van der Waals surface area contributed by atoms with Gasteiger partial charge in [-0.1, -0.05) is 101 Å². The Morgan fingerprint density at radius 2 is 0.594 bits per heavy atom. The summed E-state index contributed by atoms with van der Waals surface area (Å²) in [5.41, 5.74) is 0. The first-order valence-corrected chi connectivity index (χ1v) is 15.9. The van der Waals surface area contributed by atoms with Crippen LogP contribution >= 0.6 is 22.8 Å². The molecule has 0 N–H and O–H groups in total. The maximum absolute atomic E-state index is 10.1. The molecule has 0 unspecified atom stereocenters. The molecular formula is C18H39Nd2O9P3. The fourth-order valence-corrected chi connectivity index (χ4v) is 4.03. The van der Waals surface area contributed by atoms with Gasteiger partial charge >= 0.3 is 81.7 Å². The van der Waals surface area contributed by atoms with Gasteiger partial charge in [0.2, 0.25) is 0 Å². The van der Waals surface area contributed by atoms with E-state index in [1.165, 1.54) is 0 Å². The van der Waals surface area contributed by atoms with Crippen molar-refractivity contribution in [1.29, 1.82) is 0 Å². The monoisotopic (exact) mass is 776 g/mol. The molecule has 0 aliphatic carbocycles. The van der Waals surface area contributed by atoms with Crippen LogP contribution in [0.3, 0.4) is 0 Å². The van der Waals surface area contributed by atoms with Crippen molar-refractivity contribution in [2.24, 2.45) is 0 Å². The summed E-state index contributed by atoms with van der Waals surface area (Å²) >= 11 is 0. The zero-order valence-corrected chi connectivity index (χ0v) is 28.7. The van der Waals surface area contributed by atoms with E-state index in [1.54, 1.807) is 0 Å². The molecule has 14 heteroatoms. The minimum atomic E-state index is -4.21. The Balaban J connectivity index is -0.000000110. The quantitative estimate of drug-likeness (QED) is 0.175. The minimum absolute atomic E-state index is 0. The van der Waals surface area contributed by atoms with Gasteiger partial charge in [0.15, 0.2) is 0 Å². The van der Waals surface area contributed by atoms with Crippen LogP contribution in [0.4, 0.5) is 0 Å². The van der Waals surface area contributed by atoms with E-state index in [4.69, 9.17) is 0 Å². The van der Waals surface area contributed by atoms with Crippen molar-refractivity contribution < 1.29 is 125 Å². The fourth-order valence-electron chi connectivity index (χ4n) is 2.20. The van der Waals surface area contributed by atoms with Gasteiger partial charge in [-0.15, -0.1) is 0 Å². The van der Waals surface area contributed by atoms with Gasteiger partial charge in [0.1, 0.15) is 0 Å². The Kier molecular flexibility index (Phi) is 40.5. The normalized spacial score (nSPS) is 11.2. The van der Waals surface area contributed by atoms with Gasteiger partial charge in [0.05, 0.1) is 0 Å². The molecule has 0 bridgehead atoms. The minimum Gasteiger partial charge on any atom is -0.811 e. The molecule has 2 radical (unpaired) electrons.